The van der Waals surface area contributed by atoms with Crippen LogP contribution in [0.2, 0.25) is 0 Å². The number of nitrogens with one attached hydrogen (secondary N) is 1. The van der Waals surface area contributed by atoms with Gasteiger partial charge in [-0.3, -0.25) is 14.6 Å². The van der Waals surface area contributed by atoms with Gasteiger partial charge in [-0.15, -0.1) is 0 Å². The summed E-state index contributed by atoms with van der Waals surface area (Å²) < 4.78 is 5.46. The van der Waals surface area contributed by atoms with Gasteiger partial charge >= 0.3 is 0 Å². The number of ether oxygens (including phenoxy) is 1. The van der Waals surface area contributed by atoms with Crippen LogP contribution in [0.15, 0.2) is 29.1 Å². The van der Waals surface area contributed by atoms with Crippen LogP contribution in [0.3, 0.4) is 0 Å². The average molecular weight is 380 g/mol. The predicted octanol–water partition coefficient (Wildman–Crippen LogP) is 1.83. The number of rotatable bonds is 4. The Morgan fingerprint density at radius 3 is 2.75 bits per heavy atom. The number of benzene rings is 1. The first-order valence-electron chi connectivity index (χ1n) is 10.5. The van der Waals surface area contributed by atoms with Gasteiger partial charge in [-0.05, 0) is 31.2 Å². The molecule has 1 aromatic heterocycles. The third kappa shape index (κ3) is 3.52. The van der Waals surface area contributed by atoms with Crippen LogP contribution < -0.4 is 5.56 Å². The Bertz CT molecular complexity index is 898. The average Bonchev–Trinajstić information content (AvgIpc) is 2.71. The maximum absolute atomic E-state index is 12.6. The fraction of sp³-hybridized carbons (Fsp3) is 0.545. The normalized spacial score (nSPS) is 21.3. The van der Waals surface area contributed by atoms with Gasteiger partial charge in [0.2, 0.25) is 0 Å². The maximum atomic E-state index is 12.6. The van der Waals surface area contributed by atoms with Crippen molar-refractivity contribution in [2.45, 2.75) is 38.3 Å². The zero-order valence-corrected chi connectivity index (χ0v) is 16.3. The van der Waals surface area contributed by atoms with Gasteiger partial charge in [0.15, 0.2) is 0 Å². The lowest BCUT2D eigenvalue weighted by Gasteiger charge is -2.46. The molecule has 0 amide bonds. The lowest BCUT2D eigenvalue weighted by molar-refractivity contribution is -0.0343. The van der Waals surface area contributed by atoms with Gasteiger partial charge in [-0.25, -0.2) is 4.98 Å². The molecule has 6 heteroatoms. The van der Waals surface area contributed by atoms with E-state index in [1.807, 2.05) is 6.07 Å². The minimum absolute atomic E-state index is 0.0471. The molecule has 0 saturated carbocycles. The zero-order chi connectivity index (χ0) is 18.9. The second-order valence-electron chi connectivity index (χ2n) is 8.20. The van der Waals surface area contributed by atoms with Crippen LogP contribution >= 0.6 is 0 Å². The zero-order valence-electron chi connectivity index (χ0n) is 16.3. The van der Waals surface area contributed by atoms with E-state index in [0.717, 1.165) is 94.3 Å². The summed E-state index contributed by atoms with van der Waals surface area (Å²) >= 11 is 0. The topological polar surface area (TPSA) is 61.5 Å². The molecule has 0 radical (unpaired) electrons. The summed E-state index contributed by atoms with van der Waals surface area (Å²) in [5.74, 6) is 0.728. The number of morpholine rings is 1. The van der Waals surface area contributed by atoms with E-state index in [2.05, 4.69) is 33.0 Å². The molecule has 148 valence electrons. The van der Waals surface area contributed by atoms with Crippen LogP contribution in [-0.4, -0.2) is 65.2 Å². The van der Waals surface area contributed by atoms with Gasteiger partial charge < -0.3 is 9.72 Å². The van der Waals surface area contributed by atoms with Gasteiger partial charge in [0.05, 0.1) is 18.9 Å². The fourth-order valence-corrected chi connectivity index (χ4v) is 4.71. The molecular formula is C22H28N4O2. The predicted molar refractivity (Wildman–Crippen MR) is 108 cm³/mol. The molecule has 2 saturated heterocycles. The Morgan fingerprint density at radius 1 is 1.11 bits per heavy atom. The summed E-state index contributed by atoms with van der Waals surface area (Å²) in [6.45, 7) is 6.92. The smallest absolute Gasteiger partial charge is 0.254 e. The minimum atomic E-state index is 0.0471. The Kier molecular flexibility index (Phi) is 5.01. The highest BCUT2D eigenvalue weighted by Gasteiger charge is 2.32. The summed E-state index contributed by atoms with van der Waals surface area (Å²) in [7, 11) is 0. The molecule has 3 heterocycles. The summed E-state index contributed by atoms with van der Waals surface area (Å²) in [5, 5.41) is 0. The third-order valence-corrected chi connectivity index (χ3v) is 6.36. The minimum Gasteiger partial charge on any atom is -0.379 e. The molecule has 1 aromatic carbocycles. The molecule has 2 aliphatic heterocycles. The van der Waals surface area contributed by atoms with Crippen molar-refractivity contribution in [3.63, 3.8) is 0 Å². The number of aromatic amines is 1. The van der Waals surface area contributed by atoms with Crippen LogP contribution in [0.25, 0.3) is 11.4 Å². The van der Waals surface area contributed by atoms with Crippen LogP contribution in [0, 0.1) is 0 Å². The number of aryl methyl sites for hydroxylation is 1. The largest absolute Gasteiger partial charge is 0.379 e. The highest BCUT2D eigenvalue weighted by atomic mass is 16.5. The molecule has 0 spiro atoms. The lowest BCUT2D eigenvalue weighted by Crippen LogP contribution is -2.60. The first kappa shape index (κ1) is 18.0. The van der Waals surface area contributed by atoms with E-state index >= 15 is 0 Å². The Labute approximate surface area is 165 Å². The van der Waals surface area contributed by atoms with E-state index in [-0.39, 0.29) is 5.56 Å². The highest BCUT2D eigenvalue weighted by molar-refractivity contribution is 5.60. The molecule has 2 aromatic rings. The molecule has 0 unspecified atom stereocenters. The van der Waals surface area contributed by atoms with Crippen molar-refractivity contribution in [1.29, 1.82) is 0 Å². The van der Waals surface area contributed by atoms with Crippen molar-refractivity contribution < 1.29 is 4.74 Å². The van der Waals surface area contributed by atoms with Crippen LogP contribution in [-0.2, 0) is 24.1 Å². The number of hydrogen-bond acceptors (Lipinski definition) is 5. The van der Waals surface area contributed by atoms with Gasteiger partial charge in [-0.1, -0.05) is 24.3 Å². The van der Waals surface area contributed by atoms with E-state index in [9.17, 15) is 4.79 Å². The van der Waals surface area contributed by atoms with Crippen molar-refractivity contribution in [3.05, 3.63) is 51.4 Å². The molecule has 0 bridgehead atoms. The fourth-order valence-electron chi connectivity index (χ4n) is 4.71. The molecule has 0 atom stereocenters. The maximum Gasteiger partial charge on any atom is 0.254 e. The molecular weight excluding hydrogens is 352 g/mol. The number of aromatic nitrogens is 2. The van der Waals surface area contributed by atoms with Crippen molar-refractivity contribution in [3.8, 4) is 11.4 Å². The van der Waals surface area contributed by atoms with Crippen LogP contribution in [0.4, 0.5) is 0 Å². The van der Waals surface area contributed by atoms with Crippen molar-refractivity contribution in [1.82, 2.24) is 19.8 Å². The SMILES string of the molecule is O=c1[nH]c(-c2ccccc2CN2CC(N3CCOCC3)C2)nc2c1CCCC2. The monoisotopic (exact) mass is 380 g/mol. The van der Waals surface area contributed by atoms with Crippen LogP contribution in [0.1, 0.15) is 29.7 Å². The van der Waals surface area contributed by atoms with Crippen LogP contribution in [0.5, 0.6) is 0 Å². The van der Waals surface area contributed by atoms with E-state index in [4.69, 9.17) is 9.72 Å². The quantitative estimate of drug-likeness (QED) is 0.877. The summed E-state index contributed by atoms with van der Waals surface area (Å²) in [4.78, 5) is 25.5. The highest BCUT2D eigenvalue weighted by Crippen LogP contribution is 2.26. The standard InChI is InChI=1S/C22H28N4O2/c27-22-19-7-3-4-8-20(19)23-21(24-22)18-6-2-1-5-16(18)13-25-14-17(15-25)26-9-11-28-12-10-26/h1-2,5-6,17H,3-4,7-15H2,(H,23,24,27). The molecule has 3 aliphatic rings. The van der Waals surface area contributed by atoms with Crippen molar-refractivity contribution >= 4 is 0 Å². The van der Waals surface area contributed by atoms with Crippen molar-refractivity contribution in [2.75, 3.05) is 39.4 Å². The van der Waals surface area contributed by atoms with Gasteiger partial charge in [-0.2, -0.15) is 0 Å². The Balaban J connectivity index is 1.33. The summed E-state index contributed by atoms with van der Waals surface area (Å²) in [5.41, 5.74) is 4.23. The first-order chi connectivity index (χ1) is 13.8. The molecule has 6 nitrogen and oxygen atoms in total. The van der Waals surface area contributed by atoms with Gasteiger partial charge in [0.1, 0.15) is 5.82 Å². The number of nitrogens with zero attached hydrogens (tertiary/aromatic N) is 3. The van der Waals surface area contributed by atoms with E-state index in [1.54, 1.807) is 0 Å². The second-order valence-corrected chi connectivity index (χ2v) is 8.20. The van der Waals surface area contributed by atoms with E-state index in [1.165, 1.54) is 5.56 Å². The Morgan fingerprint density at radius 2 is 1.89 bits per heavy atom. The van der Waals surface area contributed by atoms with Gasteiger partial charge in [0.25, 0.3) is 5.56 Å². The van der Waals surface area contributed by atoms with E-state index in [0.29, 0.717) is 6.04 Å². The Hall–Kier alpha value is -2.02. The van der Waals surface area contributed by atoms with Crippen molar-refractivity contribution in [2.24, 2.45) is 0 Å². The summed E-state index contributed by atoms with van der Waals surface area (Å²) in [6, 6.07) is 9.01. The number of hydrogen-bond donors (Lipinski definition) is 1. The molecule has 2 fully saturated rings. The number of fused-ring (bicyclic) bond motifs is 1. The molecule has 5 rings (SSSR count). The first-order valence-corrected chi connectivity index (χ1v) is 10.5. The summed E-state index contributed by atoms with van der Waals surface area (Å²) in [6.07, 6.45) is 3.99. The molecule has 1 N–H and O–H groups in total. The number of likely N-dealkylation sites (tertiary alicyclic amines) is 1. The lowest BCUT2D eigenvalue weighted by atomic mass is 9.96. The third-order valence-electron chi connectivity index (χ3n) is 6.36. The molecule has 28 heavy (non-hydrogen) atoms. The van der Waals surface area contributed by atoms with Gasteiger partial charge in [0, 0.05) is 49.9 Å². The van der Waals surface area contributed by atoms with E-state index < -0.39 is 0 Å². The number of H-pyrrole nitrogens is 1. The second kappa shape index (κ2) is 7.78. The molecule has 1 aliphatic carbocycles.